The number of rotatable bonds is 5. The summed E-state index contributed by atoms with van der Waals surface area (Å²) in [5, 5.41) is 14.5. The zero-order valence-corrected chi connectivity index (χ0v) is 9.22. The van der Waals surface area contributed by atoms with Gasteiger partial charge in [-0.1, -0.05) is 0 Å². The fourth-order valence-corrected chi connectivity index (χ4v) is 1.07. The Morgan fingerprint density at radius 2 is 2.47 bits per heavy atom. The first kappa shape index (κ1) is 11.9. The summed E-state index contributed by atoms with van der Waals surface area (Å²) < 4.78 is 0. The number of hydrogen-bond donors (Lipinski definition) is 1. The minimum absolute atomic E-state index is 0.176. The first-order valence-corrected chi connectivity index (χ1v) is 4.97. The van der Waals surface area contributed by atoms with E-state index in [1.807, 2.05) is 0 Å². The Morgan fingerprint density at radius 3 is 3.13 bits per heavy atom. The van der Waals surface area contributed by atoms with Crippen LogP contribution in [0.25, 0.3) is 0 Å². The van der Waals surface area contributed by atoms with E-state index in [1.165, 1.54) is 0 Å². The van der Waals surface area contributed by atoms with Crippen LogP contribution in [0.2, 0.25) is 5.28 Å². The predicted octanol–water partition coefficient (Wildman–Crippen LogP) is 1.32. The molecule has 0 aliphatic carbocycles. The van der Waals surface area contributed by atoms with Crippen LogP contribution in [0.3, 0.4) is 0 Å². The molecule has 1 rings (SSSR count). The van der Waals surface area contributed by atoms with Gasteiger partial charge < -0.3 is 5.11 Å². The molecule has 0 aliphatic heterocycles. The molecule has 1 aromatic rings. The summed E-state index contributed by atoms with van der Waals surface area (Å²) in [5.74, 6) is 0.634. The molecule has 15 heavy (non-hydrogen) atoms. The van der Waals surface area contributed by atoms with Crippen LogP contribution >= 0.6 is 11.6 Å². The number of hydrazone groups is 1. The van der Waals surface area contributed by atoms with Gasteiger partial charge in [0, 0.05) is 32.1 Å². The zero-order chi connectivity index (χ0) is 11.1. The van der Waals surface area contributed by atoms with E-state index in [0.717, 1.165) is 6.42 Å². The highest BCUT2D eigenvalue weighted by Gasteiger charge is 2.00. The van der Waals surface area contributed by atoms with Gasteiger partial charge in [-0.3, -0.25) is 5.01 Å². The number of unbranched alkanes of at least 4 members (excludes halogenated alkanes) is 1. The van der Waals surface area contributed by atoms with Crippen molar-refractivity contribution in [3.8, 4) is 0 Å². The smallest absolute Gasteiger partial charge is 0.224 e. The van der Waals surface area contributed by atoms with Crippen molar-refractivity contribution >= 4 is 23.6 Å². The summed E-state index contributed by atoms with van der Waals surface area (Å²) in [6.45, 7) is 0.176. The number of nitrogens with zero attached hydrogens (tertiary/aromatic N) is 4. The van der Waals surface area contributed by atoms with Crippen molar-refractivity contribution in [2.45, 2.75) is 12.8 Å². The standard InChI is InChI=1S/C9H13ClN4O/c1-14(12-5-2-3-7-15)8-4-6-11-9(10)13-8/h4-6,15H,2-3,7H2,1H3/b12-5-. The maximum atomic E-state index is 8.57. The number of aliphatic hydroxyl groups excluding tert-OH is 1. The van der Waals surface area contributed by atoms with Crippen molar-refractivity contribution in [2.75, 3.05) is 18.7 Å². The van der Waals surface area contributed by atoms with Crippen LogP contribution in [0.4, 0.5) is 5.82 Å². The highest BCUT2D eigenvalue weighted by Crippen LogP contribution is 2.10. The van der Waals surface area contributed by atoms with Gasteiger partial charge in [-0.15, -0.1) is 0 Å². The Bertz CT molecular complexity index is 332. The molecule has 0 amide bonds. The van der Waals surface area contributed by atoms with Gasteiger partial charge in [-0.05, 0) is 24.4 Å². The minimum Gasteiger partial charge on any atom is -0.396 e. The van der Waals surface area contributed by atoms with E-state index in [4.69, 9.17) is 16.7 Å². The molecule has 0 fully saturated rings. The van der Waals surface area contributed by atoms with Crippen LogP contribution < -0.4 is 5.01 Å². The predicted molar refractivity (Wildman–Crippen MR) is 60.3 cm³/mol. The van der Waals surface area contributed by atoms with Crippen LogP contribution in [0, 0.1) is 0 Å². The molecule has 0 aromatic carbocycles. The molecule has 0 unspecified atom stereocenters. The van der Waals surface area contributed by atoms with E-state index in [2.05, 4.69) is 15.1 Å². The number of halogens is 1. The fourth-order valence-electron chi connectivity index (χ4n) is 0.928. The Kier molecular flexibility index (Phi) is 5.00. The fraction of sp³-hybridized carbons (Fsp3) is 0.444. The Labute approximate surface area is 93.4 Å². The summed E-state index contributed by atoms with van der Waals surface area (Å²) in [7, 11) is 1.77. The van der Waals surface area contributed by atoms with Crippen LogP contribution in [0.5, 0.6) is 0 Å². The molecule has 6 heteroatoms. The average Bonchev–Trinajstić information content (AvgIpc) is 2.24. The maximum absolute atomic E-state index is 8.57. The van der Waals surface area contributed by atoms with Crippen molar-refractivity contribution in [1.29, 1.82) is 0 Å². The number of aliphatic hydroxyl groups is 1. The van der Waals surface area contributed by atoms with Crippen LogP contribution in [0.15, 0.2) is 17.4 Å². The first-order chi connectivity index (χ1) is 7.24. The van der Waals surface area contributed by atoms with Gasteiger partial charge in [0.25, 0.3) is 0 Å². The zero-order valence-electron chi connectivity index (χ0n) is 8.47. The minimum atomic E-state index is 0.176. The van der Waals surface area contributed by atoms with Crippen molar-refractivity contribution in [3.05, 3.63) is 17.5 Å². The Hall–Kier alpha value is -1.20. The van der Waals surface area contributed by atoms with Gasteiger partial charge in [0.05, 0.1) is 0 Å². The van der Waals surface area contributed by atoms with E-state index in [9.17, 15) is 0 Å². The van der Waals surface area contributed by atoms with Crippen molar-refractivity contribution in [1.82, 2.24) is 9.97 Å². The van der Waals surface area contributed by atoms with Crippen LogP contribution in [-0.4, -0.2) is 34.9 Å². The number of hydrogen-bond acceptors (Lipinski definition) is 5. The summed E-state index contributed by atoms with van der Waals surface area (Å²) in [4.78, 5) is 7.76. The van der Waals surface area contributed by atoms with Crippen LogP contribution in [-0.2, 0) is 0 Å². The van der Waals surface area contributed by atoms with Gasteiger partial charge in [-0.25, -0.2) is 4.98 Å². The molecule has 0 aliphatic rings. The molecule has 1 heterocycles. The third kappa shape index (κ3) is 4.22. The molecule has 82 valence electrons. The molecule has 1 N–H and O–H groups in total. The topological polar surface area (TPSA) is 61.6 Å². The summed E-state index contributed by atoms with van der Waals surface area (Å²) in [6, 6.07) is 1.72. The first-order valence-electron chi connectivity index (χ1n) is 4.59. The van der Waals surface area contributed by atoms with Crippen LogP contribution in [0.1, 0.15) is 12.8 Å². The monoisotopic (exact) mass is 228 g/mol. The van der Waals surface area contributed by atoms with Crippen molar-refractivity contribution in [3.63, 3.8) is 0 Å². The van der Waals surface area contributed by atoms with E-state index in [1.54, 1.807) is 30.5 Å². The normalized spacial score (nSPS) is 10.9. The lowest BCUT2D eigenvalue weighted by Crippen LogP contribution is -2.10. The molecule has 0 saturated heterocycles. The van der Waals surface area contributed by atoms with E-state index in [0.29, 0.717) is 12.2 Å². The molecule has 0 bridgehead atoms. The van der Waals surface area contributed by atoms with Gasteiger partial charge in [0.15, 0.2) is 5.82 Å². The van der Waals surface area contributed by atoms with Crippen molar-refractivity contribution < 1.29 is 5.11 Å². The molecule has 0 saturated carbocycles. The Morgan fingerprint density at radius 1 is 1.67 bits per heavy atom. The molecule has 0 radical (unpaired) electrons. The third-order valence-electron chi connectivity index (χ3n) is 1.69. The quantitative estimate of drug-likeness (QED) is 0.357. The van der Waals surface area contributed by atoms with Gasteiger partial charge in [0.2, 0.25) is 5.28 Å². The summed E-state index contributed by atoms with van der Waals surface area (Å²) in [5.41, 5.74) is 0. The largest absolute Gasteiger partial charge is 0.396 e. The van der Waals surface area contributed by atoms with E-state index in [-0.39, 0.29) is 11.9 Å². The highest BCUT2D eigenvalue weighted by atomic mass is 35.5. The second-order valence-electron chi connectivity index (χ2n) is 2.87. The van der Waals surface area contributed by atoms with Crippen molar-refractivity contribution in [2.24, 2.45) is 5.10 Å². The van der Waals surface area contributed by atoms with E-state index >= 15 is 0 Å². The molecule has 0 spiro atoms. The Balaban J connectivity index is 2.53. The number of anilines is 1. The van der Waals surface area contributed by atoms with Gasteiger partial charge >= 0.3 is 0 Å². The summed E-state index contributed by atoms with van der Waals surface area (Å²) >= 11 is 5.64. The molecule has 1 aromatic heterocycles. The second-order valence-corrected chi connectivity index (χ2v) is 3.21. The SMILES string of the molecule is CN(/N=C\CCCO)c1ccnc(Cl)n1. The molecular weight excluding hydrogens is 216 g/mol. The second kappa shape index (κ2) is 6.31. The lowest BCUT2D eigenvalue weighted by Gasteiger charge is -2.10. The van der Waals surface area contributed by atoms with E-state index < -0.39 is 0 Å². The lowest BCUT2D eigenvalue weighted by atomic mass is 10.3. The van der Waals surface area contributed by atoms with Gasteiger partial charge in [0.1, 0.15) is 0 Å². The third-order valence-corrected chi connectivity index (χ3v) is 1.87. The molecule has 0 atom stereocenters. The average molecular weight is 229 g/mol. The number of aromatic nitrogens is 2. The van der Waals surface area contributed by atoms with Gasteiger partial charge in [-0.2, -0.15) is 10.1 Å². The maximum Gasteiger partial charge on any atom is 0.224 e. The lowest BCUT2D eigenvalue weighted by molar-refractivity contribution is 0.291. The highest BCUT2D eigenvalue weighted by molar-refractivity contribution is 6.28. The summed E-state index contributed by atoms with van der Waals surface area (Å²) in [6.07, 6.45) is 4.75. The molecule has 5 nitrogen and oxygen atoms in total. The molecular formula is C9H13ClN4O.